The van der Waals surface area contributed by atoms with E-state index in [0.29, 0.717) is 11.7 Å². The van der Waals surface area contributed by atoms with Gasteiger partial charge in [0.1, 0.15) is 5.75 Å². The highest BCUT2D eigenvalue weighted by Crippen LogP contribution is 2.39. The molecule has 3 N–H and O–H groups in total. The van der Waals surface area contributed by atoms with Crippen LogP contribution < -0.4 is 5.73 Å². The summed E-state index contributed by atoms with van der Waals surface area (Å²) in [5.74, 6) is 0.699. The van der Waals surface area contributed by atoms with Gasteiger partial charge in [-0.25, -0.2) is 0 Å². The molecule has 0 aromatic heterocycles. The van der Waals surface area contributed by atoms with Crippen molar-refractivity contribution in [1.29, 1.82) is 0 Å². The van der Waals surface area contributed by atoms with E-state index < -0.39 is 0 Å². The van der Waals surface area contributed by atoms with Gasteiger partial charge in [-0.2, -0.15) is 0 Å². The van der Waals surface area contributed by atoms with Crippen molar-refractivity contribution < 1.29 is 9.84 Å². The Balaban J connectivity index is 2.34. The van der Waals surface area contributed by atoms with Gasteiger partial charge in [-0.15, -0.1) is 0 Å². The number of aromatic hydroxyl groups is 1. The van der Waals surface area contributed by atoms with Crippen LogP contribution >= 0.6 is 15.9 Å². The summed E-state index contributed by atoms with van der Waals surface area (Å²) in [4.78, 5) is 0. The van der Waals surface area contributed by atoms with Gasteiger partial charge in [-0.3, -0.25) is 0 Å². The van der Waals surface area contributed by atoms with E-state index in [1.54, 1.807) is 6.07 Å². The van der Waals surface area contributed by atoms with Crippen molar-refractivity contribution >= 4 is 15.9 Å². The maximum atomic E-state index is 10.2. The lowest BCUT2D eigenvalue weighted by atomic mass is 9.85. The van der Waals surface area contributed by atoms with Crippen LogP contribution in [0.5, 0.6) is 5.75 Å². The average molecular weight is 314 g/mol. The maximum Gasteiger partial charge on any atom is 0.120 e. The van der Waals surface area contributed by atoms with Crippen molar-refractivity contribution in [1.82, 2.24) is 0 Å². The van der Waals surface area contributed by atoms with Gasteiger partial charge in [0.05, 0.1) is 0 Å². The molecule has 18 heavy (non-hydrogen) atoms. The fourth-order valence-corrected chi connectivity index (χ4v) is 3.01. The Kier molecular flexibility index (Phi) is 4.30. The van der Waals surface area contributed by atoms with Gasteiger partial charge in [0.25, 0.3) is 0 Å². The van der Waals surface area contributed by atoms with Crippen LogP contribution in [0.2, 0.25) is 0 Å². The molecule has 0 amide bonds. The molecule has 0 spiro atoms. The number of hydrogen-bond donors (Lipinski definition) is 2. The zero-order valence-corrected chi connectivity index (χ0v) is 12.5. The van der Waals surface area contributed by atoms with Crippen molar-refractivity contribution in [3.63, 3.8) is 0 Å². The summed E-state index contributed by atoms with van der Waals surface area (Å²) in [5.41, 5.74) is 9.31. The van der Waals surface area contributed by atoms with Gasteiger partial charge >= 0.3 is 0 Å². The fourth-order valence-electron chi connectivity index (χ4n) is 2.68. The van der Waals surface area contributed by atoms with E-state index in [4.69, 9.17) is 10.5 Å². The van der Waals surface area contributed by atoms with Crippen molar-refractivity contribution in [2.45, 2.75) is 32.7 Å². The van der Waals surface area contributed by atoms with Crippen molar-refractivity contribution in [2.75, 3.05) is 13.2 Å². The highest BCUT2D eigenvalue weighted by Gasteiger charge is 2.26. The molecule has 1 fully saturated rings. The van der Waals surface area contributed by atoms with E-state index in [-0.39, 0.29) is 6.04 Å². The van der Waals surface area contributed by atoms with Gasteiger partial charge in [-0.05, 0) is 49.8 Å². The van der Waals surface area contributed by atoms with E-state index >= 15 is 0 Å². The fraction of sp³-hybridized carbons (Fsp3) is 0.571. The van der Waals surface area contributed by atoms with Gasteiger partial charge in [0, 0.05) is 29.3 Å². The molecule has 1 atom stereocenters. The topological polar surface area (TPSA) is 55.5 Å². The molecular weight excluding hydrogens is 294 g/mol. The Bertz CT molecular complexity index is 442. The molecule has 1 aromatic rings. The third-order valence-electron chi connectivity index (χ3n) is 3.82. The molecule has 1 aliphatic heterocycles. The van der Waals surface area contributed by atoms with E-state index in [9.17, 15) is 5.11 Å². The molecular formula is C14H20BrNO2. The normalized spacial score (nSPS) is 18.9. The number of rotatable bonds is 2. The lowest BCUT2D eigenvalue weighted by Gasteiger charge is -2.29. The first-order valence-corrected chi connectivity index (χ1v) is 7.13. The quantitative estimate of drug-likeness (QED) is 0.881. The smallest absolute Gasteiger partial charge is 0.120 e. The van der Waals surface area contributed by atoms with E-state index in [1.807, 2.05) is 13.8 Å². The first-order chi connectivity index (χ1) is 8.52. The second kappa shape index (κ2) is 5.59. The Labute approximate surface area is 116 Å². The predicted octanol–water partition coefficient (Wildman–Crippen LogP) is 3.20. The van der Waals surface area contributed by atoms with E-state index in [2.05, 4.69) is 15.9 Å². The molecule has 1 saturated heterocycles. The number of benzene rings is 1. The first kappa shape index (κ1) is 13.8. The minimum atomic E-state index is -0.120. The molecule has 0 bridgehead atoms. The van der Waals surface area contributed by atoms with Gasteiger partial charge < -0.3 is 15.6 Å². The molecule has 1 aliphatic rings. The predicted molar refractivity (Wildman–Crippen MR) is 75.8 cm³/mol. The number of halogens is 1. The Morgan fingerprint density at radius 3 is 2.61 bits per heavy atom. The molecule has 0 radical (unpaired) electrons. The SMILES string of the molecule is Cc1cc(O)c([C@H](N)C2CCOCC2)c(C)c1Br. The van der Waals surface area contributed by atoms with Crippen molar-refractivity contribution in [3.8, 4) is 5.75 Å². The highest BCUT2D eigenvalue weighted by atomic mass is 79.9. The number of phenolic OH excluding ortho intramolecular Hbond substituents is 1. The minimum Gasteiger partial charge on any atom is -0.508 e. The minimum absolute atomic E-state index is 0.120. The van der Waals surface area contributed by atoms with Crippen molar-refractivity contribution in [3.05, 3.63) is 27.2 Å². The molecule has 0 unspecified atom stereocenters. The lowest BCUT2D eigenvalue weighted by Crippen LogP contribution is -2.28. The standard InChI is InChI=1S/C14H20BrNO2/c1-8-7-11(17)12(9(2)13(8)15)14(16)10-3-5-18-6-4-10/h7,10,14,17H,3-6,16H2,1-2H3/t14-/m1/s1. The second-order valence-electron chi connectivity index (χ2n) is 5.04. The molecule has 2 rings (SSSR count). The Hall–Kier alpha value is -0.580. The number of aryl methyl sites for hydroxylation is 1. The molecule has 3 nitrogen and oxygen atoms in total. The van der Waals surface area contributed by atoms with E-state index in [1.165, 1.54) is 0 Å². The number of hydrogen-bond acceptors (Lipinski definition) is 3. The van der Waals surface area contributed by atoms with Crippen LogP contribution in [-0.2, 0) is 4.74 Å². The second-order valence-corrected chi connectivity index (χ2v) is 5.83. The molecule has 0 aliphatic carbocycles. The first-order valence-electron chi connectivity index (χ1n) is 6.34. The molecule has 1 heterocycles. The molecule has 1 aromatic carbocycles. The summed E-state index contributed by atoms with van der Waals surface area (Å²) in [6.45, 7) is 5.52. The monoisotopic (exact) mass is 313 g/mol. The van der Waals surface area contributed by atoms with Gasteiger partial charge in [-0.1, -0.05) is 15.9 Å². The lowest BCUT2D eigenvalue weighted by molar-refractivity contribution is 0.0580. The highest BCUT2D eigenvalue weighted by molar-refractivity contribution is 9.10. The number of nitrogens with two attached hydrogens (primary N) is 1. The molecule has 4 heteroatoms. The van der Waals surface area contributed by atoms with Crippen LogP contribution in [0.15, 0.2) is 10.5 Å². The summed E-state index contributed by atoms with van der Waals surface area (Å²) >= 11 is 3.57. The van der Waals surface area contributed by atoms with Crippen molar-refractivity contribution in [2.24, 2.45) is 11.7 Å². The number of ether oxygens (including phenoxy) is 1. The summed E-state index contributed by atoms with van der Waals surface area (Å²) in [7, 11) is 0. The van der Waals surface area contributed by atoms with Crippen LogP contribution in [0.1, 0.15) is 35.6 Å². The van der Waals surface area contributed by atoms with Crippen LogP contribution in [0.3, 0.4) is 0 Å². The zero-order chi connectivity index (χ0) is 13.3. The van der Waals surface area contributed by atoms with E-state index in [0.717, 1.165) is 47.2 Å². The summed E-state index contributed by atoms with van der Waals surface area (Å²) in [6, 6.07) is 1.66. The largest absolute Gasteiger partial charge is 0.508 e. The van der Waals surface area contributed by atoms with Crippen LogP contribution in [0.25, 0.3) is 0 Å². The maximum absolute atomic E-state index is 10.2. The van der Waals surface area contributed by atoms with Crippen LogP contribution in [0, 0.1) is 19.8 Å². The van der Waals surface area contributed by atoms with Crippen LogP contribution in [0.4, 0.5) is 0 Å². The Morgan fingerprint density at radius 2 is 2.00 bits per heavy atom. The van der Waals surface area contributed by atoms with Crippen LogP contribution in [-0.4, -0.2) is 18.3 Å². The summed E-state index contributed by atoms with van der Waals surface area (Å²) in [6.07, 6.45) is 1.93. The summed E-state index contributed by atoms with van der Waals surface area (Å²) in [5, 5.41) is 10.2. The average Bonchev–Trinajstić information content (AvgIpc) is 2.37. The molecule has 100 valence electrons. The zero-order valence-electron chi connectivity index (χ0n) is 10.9. The van der Waals surface area contributed by atoms with Gasteiger partial charge in [0.2, 0.25) is 0 Å². The summed E-state index contributed by atoms with van der Waals surface area (Å²) < 4.78 is 6.40. The van der Waals surface area contributed by atoms with Gasteiger partial charge in [0.15, 0.2) is 0 Å². The third-order valence-corrected chi connectivity index (χ3v) is 5.04. The third kappa shape index (κ3) is 2.56. The Morgan fingerprint density at radius 1 is 1.39 bits per heavy atom. The molecule has 0 saturated carbocycles. The number of phenols is 1.